The van der Waals surface area contributed by atoms with Gasteiger partial charge in [0.2, 0.25) is 15.9 Å². The zero-order valence-corrected chi connectivity index (χ0v) is 14.0. The van der Waals surface area contributed by atoms with Crippen molar-refractivity contribution in [2.24, 2.45) is 0 Å². The number of nitrogens with one attached hydrogen (secondary N) is 1. The first-order chi connectivity index (χ1) is 10.5. The molecule has 1 atom stereocenters. The molecule has 1 aromatic rings. The van der Waals surface area contributed by atoms with Crippen LogP contribution < -0.4 is 4.72 Å². The Morgan fingerprint density at radius 2 is 2.05 bits per heavy atom. The first-order valence-corrected chi connectivity index (χ1v) is 9.62. The van der Waals surface area contributed by atoms with E-state index >= 15 is 0 Å². The van der Waals surface area contributed by atoms with Crippen LogP contribution in [-0.4, -0.2) is 47.8 Å². The summed E-state index contributed by atoms with van der Waals surface area (Å²) in [5.41, 5.74) is 0. The second-order valence-corrected chi connectivity index (χ2v) is 8.29. The predicted octanol–water partition coefficient (Wildman–Crippen LogP) is 1.24. The third-order valence-corrected chi connectivity index (χ3v) is 6.54. The summed E-state index contributed by atoms with van der Waals surface area (Å²) in [6.45, 7) is 4.99. The monoisotopic (exact) mass is 328 g/mol. The van der Waals surface area contributed by atoms with Crippen molar-refractivity contribution in [3.63, 3.8) is 0 Å². The van der Waals surface area contributed by atoms with Crippen LogP contribution in [0.4, 0.5) is 0 Å². The lowest BCUT2D eigenvalue weighted by atomic mass is 10.1. The largest absolute Gasteiger partial charge is 0.338 e. The van der Waals surface area contributed by atoms with Crippen LogP contribution in [-0.2, 0) is 16.4 Å². The molecule has 1 aliphatic heterocycles. The minimum atomic E-state index is -3.21. The van der Waals surface area contributed by atoms with E-state index in [1.807, 2.05) is 13.8 Å². The second kappa shape index (κ2) is 6.25. The lowest BCUT2D eigenvalue weighted by molar-refractivity contribution is 0.108. The molecular formula is C14H24N4O3S. The fourth-order valence-corrected chi connectivity index (χ4v) is 4.76. The zero-order valence-electron chi connectivity index (χ0n) is 13.2. The van der Waals surface area contributed by atoms with Crippen molar-refractivity contribution in [3.05, 3.63) is 11.7 Å². The Morgan fingerprint density at radius 1 is 1.36 bits per heavy atom. The van der Waals surface area contributed by atoms with E-state index in [4.69, 9.17) is 4.52 Å². The molecule has 0 spiro atoms. The average Bonchev–Trinajstić information content (AvgIpc) is 3.06. The van der Waals surface area contributed by atoms with Gasteiger partial charge in [-0.3, -0.25) is 4.90 Å². The second-order valence-electron chi connectivity index (χ2n) is 6.30. The summed E-state index contributed by atoms with van der Waals surface area (Å²) in [5.74, 6) is 1.26. The van der Waals surface area contributed by atoms with Crippen LogP contribution in [0, 0.1) is 0 Å². The van der Waals surface area contributed by atoms with E-state index in [1.54, 1.807) is 0 Å². The van der Waals surface area contributed by atoms with Crippen molar-refractivity contribution in [1.29, 1.82) is 0 Å². The predicted molar refractivity (Wildman–Crippen MR) is 81.8 cm³/mol. The van der Waals surface area contributed by atoms with Crippen LogP contribution in [0.15, 0.2) is 4.52 Å². The Bertz CT molecular complexity index is 603. The molecule has 124 valence electrons. The molecule has 0 radical (unpaired) electrons. The molecule has 1 saturated heterocycles. The fourth-order valence-electron chi connectivity index (χ4n) is 3.09. The third-order valence-electron chi connectivity index (χ3n) is 4.71. The number of hydrogen-bond acceptors (Lipinski definition) is 6. The van der Waals surface area contributed by atoms with Gasteiger partial charge in [-0.15, -0.1) is 0 Å². The van der Waals surface area contributed by atoms with Gasteiger partial charge in [-0.25, -0.2) is 13.1 Å². The Kier molecular flexibility index (Phi) is 4.52. The standard InChI is InChI=1S/C14H24N4O3S/c1-3-13-15-14(21-16-13)10(2)18-8-12(9-18)22(19,20)17-11-6-4-5-7-11/h10-12,17H,3-9H2,1-2H3/t10-/m1/s1. The zero-order chi connectivity index (χ0) is 15.7. The van der Waals surface area contributed by atoms with Gasteiger partial charge in [-0.2, -0.15) is 4.98 Å². The van der Waals surface area contributed by atoms with Crippen molar-refractivity contribution >= 4 is 10.0 Å². The first-order valence-electron chi connectivity index (χ1n) is 8.07. The summed E-state index contributed by atoms with van der Waals surface area (Å²) in [7, 11) is -3.21. The maximum Gasteiger partial charge on any atom is 0.243 e. The Labute approximate surface area is 131 Å². The molecule has 1 aromatic heterocycles. The summed E-state index contributed by atoms with van der Waals surface area (Å²) in [4.78, 5) is 6.38. The number of nitrogens with zero attached hydrogens (tertiary/aromatic N) is 3. The first kappa shape index (κ1) is 15.9. The van der Waals surface area contributed by atoms with Gasteiger partial charge in [0, 0.05) is 25.6 Å². The van der Waals surface area contributed by atoms with E-state index in [2.05, 4.69) is 19.8 Å². The molecule has 22 heavy (non-hydrogen) atoms. The van der Waals surface area contributed by atoms with E-state index in [1.165, 1.54) is 0 Å². The number of hydrogen-bond donors (Lipinski definition) is 1. The molecule has 3 rings (SSSR count). The summed E-state index contributed by atoms with van der Waals surface area (Å²) >= 11 is 0. The van der Waals surface area contributed by atoms with Gasteiger partial charge in [-0.05, 0) is 19.8 Å². The van der Waals surface area contributed by atoms with Crippen LogP contribution in [0.3, 0.4) is 0 Å². The van der Waals surface area contributed by atoms with Crippen molar-refractivity contribution < 1.29 is 12.9 Å². The van der Waals surface area contributed by atoms with E-state index < -0.39 is 10.0 Å². The highest BCUT2D eigenvalue weighted by molar-refractivity contribution is 7.90. The highest BCUT2D eigenvalue weighted by Crippen LogP contribution is 2.28. The number of likely N-dealkylation sites (tertiary alicyclic amines) is 1. The van der Waals surface area contributed by atoms with E-state index in [9.17, 15) is 8.42 Å². The maximum absolute atomic E-state index is 12.3. The minimum absolute atomic E-state index is 0.0364. The molecule has 0 amide bonds. The van der Waals surface area contributed by atoms with Crippen molar-refractivity contribution in [2.45, 2.75) is 63.3 Å². The fraction of sp³-hybridized carbons (Fsp3) is 0.857. The van der Waals surface area contributed by atoms with Gasteiger partial charge in [-0.1, -0.05) is 24.9 Å². The van der Waals surface area contributed by atoms with Gasteiger partial charge in [0.05, 0.1) is 6.04 Å². The van der Waals surface area contributed by atoms with Crippen LogP contribution in [0.2, 0.25) is 0 Å². The van der Waals surface area contributed by atoms with Gasteiger partial charge < -0.3 is 4.52 Å². The van der Waals surface area contributed by atoms with Crippen LogP contribution >= 0.6 is 0 Å². The van der Waals surface area contributed by atoms with Crippen molar-refractivity contribution in [2.75, 3.05) is 13.1 Å². The highest BCUT2D eigenvalue weighted by Gasteiger charge is 2.41. The van der Waals surface area contributed by atoms with Crippen LogP contribution in [0.25, 0.3) is 0 Å². The lowest BCUT2D eigenvalue weighted by Gasteiger charge is -2.41. The highest BCUT2D eigenvalue weighted by atomic mass is 32.2. The molecule has 8 heteroatoms. The van der Waals surface area contributed by atoms with Crippen LogP contribution in [0.5, 0.6) is 0 Å². The Morgan fingerprint density at radius 3 is 2.64 bits per heavy atom. The molecule has 0 aromatic carbocycles. The van der Waals surface area contributed by atoms with Crippen LogP contribution in [0.1, 0.15) is 57.3 Å². The van der Waals surface area contributed by atoms with Gasteiger partial charge in [0.1, 0.15) is 5.25 Å². The van der Waals surface area contributed by atoms with Gasteiger partial charge >= 0.3 is 0 Å². The lowest BCUT2D eigenvalue weighted by Crippen LogP contribution is -2.58. The minimum Gasteiger partial charge on any atom is -0.338 e. The summed E-state index contributed by atoms with van der Waals surface area (Å²) in [6, 6.07) is 0.102. The van der Waals surface area contributed by atoms with Crippen molar-refractivity contribution in [1.82, 2.24) is 19.8 Å². The molecule has 2 heterocycles. The SMILES string of the molecule is CCc1noc([C@@H](C)N2CC(S(=O)(=O)NC3CCCC3)C2)n1. The van der Waals surface area contributed by atoms with E-state index in [0.29, 0.717) is 24.8 Å². The number of aromatic nitrogens is 2. The number of sulfonamides is 1. The molecule has 1 N–H and O–H groups in total. The smallest absolute Gasteiger partial charge is 0.243 e. The average molecular weight is 328 g/mol. The summed E-state index contributed by atoms with van der Waals surface area (Å²) < 4.78 is 32.8. The van der Waals surface area contributed by atoms with E-state index in [-0.39, 0.29) is 17.3 Å². The molecular weight excluding hydrogens is 304 g/mol. The molecule has 0 unspecified atom stereocenters. The normalized spacial score (nSPS) is 22.8. The quantitative estimate of drug-likeness (QED) is 0.845. The Hall–Kier alpha value is -0.990. The number of aryl methyl sites for hydroxylation is 1. The molecule has 0 bridgehead atoms. The molecule has 2 aliphatic rings. The molecule has 1 saturated carbocycles. The topological polar surface area (TPSA) is 88.3 Å². The Balaban J connectivity index is 1.54. The summed E-state index contributed by atoms with van der Waals surface area (Å²) in [6.07, 6.45) is 4.91. The molecule has 2 fully saturated rings. The molecule has 1 aliphatic carbocycles. The summed E-state index contributed by atoms with van der Waals surface area (Å²) in [5, 5.41) is 3.56. The number of rotatable bonds is 6. The third kappa shape index (κ3) is 3.18. The van der Waals surface area contributed by atoms with E-state index in [0.717, 1.165) is 32.1 Å². The maximum atomic E-state index is 12.3. The van der Waals surface area contributed by atoms with Crippen molar-refractivity contribution in [3.8, 4) is 0 Å². The van der Waals surface area contributed by atoms with Gasteiger partial charge in [0.25, 0.3) is 0 Å². The molecule has 7 nitrogen and oxygen atoms in total. The van der Waals surface area contributed by atoms with Gasteiger partial charge in [0.15, 0.2) is 5.82 Å².